The molecule has 3 N–H and O–H groups in total. The van der Waals surface area contributed by atoms with Gasteiger partial charge in [-0.3, -0.25) is 4.79 Å². The third-order valence-electron chi connectivity index (χ3n) is 4.48. The zero-order chi connectivity index (χ0) is 19.3. The fourth-order valence-electron chi connectivity index (χ4n) is 3.10. The fraction of sp³-hybridized carbons (Fsp3) is 0.263. The van der Waals surface area contributed by atoms with E-state index in [1.807, 2.05) is 24.3 Å². The Labute approximate surface area is 161 Å². The lowest BCUT2D eigenvalue weighted by molar-refractivity contribution is 0.0953. The van der Waals surface area contributed by atoms with Gasteiger partial charge in [0.15, 0.2) is 5.65 Å². The normalized spacial score (nSPS) is 11.2. The highest BCUT2D eigenvalue weighted by Crippen LogP contribution is 2.19. The van der Waals surface area contributed by atoms with E-state index in [1.54, 1.807) is 24.2 Å². The Morgan fingerprint density at radius 1 is 1.21 bits per heavy atom. The van der Waals surface area contributed by atoms with Gasteiger partial charge in [-0.05, 0) is 6.07 Å². The van der Waals surface area contributed by atoms with Gasteiger partial charge in [0.25, 0.3) is 5.91 Å². The standard InChI is InChI=1S/C19H21N7O2/c1-28-9-7-20-17-15-11-25-26(18(15)24-12-23-17)8-6-21-19(27)14-10-22-16-5-3-2-4-13(14)16/h2-5,10-12,22H,6-9H2,1H3,(H,21,27)(H,20,23,24). The van der Waals surface area contributed by atoms with Crippen LogP contribution < -0.4 is 10.6 Å². The third-order valence-corrected chi connectivity index (χ3v) is 4.48. The molecule has 0 unspecified atom stereocenters. The van der Waals surface area contributed by atoms with E-state index in [0.29, 0.717) is 31.8 Å². The predicted octanol–water partition coefficient (Wildman–Crippen LogP) is 1.80. The average Bonchev–Trinajstić information content (AvgIpc) is 3.33. The van der Waals surface area contributed by atoms with E-state index in [1.165, 1.54) is 6.33 Å². The SMILES string of the molecule is COCCNc1ncnc2c1cnn2CCNC(=O)c1c[nH]c2ccccc12. The van der Waals surface area contributed by atoms with Gasteiger partial charge in [0.2, 0.25) is 0 Å². The van der Waals surface area contributed by atoms with Gasteiger partial charge in [-0.15, -0.1) is 0 Å². The molecule has 4 aromatic rings. The number of H-pyrrole nitrogens is 1. The number of hydrogen-bond acceptors (Lipinski definition) is 6. The van der Waals surface area contributed by atoms with Crippen LogP contribution in [-0.4, -0.2) is 57.4 Å². The molecule has 0 radical (unpaired) electrons. The quantitative estimate of drug-likeness (QED) is 0.403. The number of para-hydroxylation sites is 1. The number of benzene rings is 1. The minimum Gasteiger partial charge on any atom is -0.383 e. The van der Waals surface area contributed by atoms with E-state index in [-0.39, 0.29) is 5.91 Å². The van der Waals surface area contributed by atoms with Gasteiger partial charge >= 0.3 is 0 Å². The van der Waals surface area contributed by atoms with Crippen molar-refractivity contribution in [2.75, 3.05) is 32.1 Å². The van der Waals surface area contributed by atoms with E-state index in [2.05, 4.69) is 30.7 Å². The van der Waals surface area contributed by atoms with E-state index >= 15 is 0 Å². The summed E-state index contributed by atoms with van der Waals surface area (Å²) < 4.78 is 6.80. The Kier molecular flexibility index (Phi) is 5.16. The second-order valence-electron chi connectivity index (χ2n) is 6.25. The number of amides is 1. The molecule has 0 aliphatic carbocycles. The lowest BCUT2D eigenvalue weighted by atomic mass is 10.1. The first-order chi connectivity index (χ1) is 13.8. The number of ether oxygens (including phenoxy) is 1. The summed E-state index contributed by atoms with van der Waals surface area (Å²) in [6.07, 6.45) is 4.96. The van der Waals surface area contributed by atoms with E-state index in [0.717, 1.165) is 27.8 Å². The number of carbonyl (C=O) groups is 1. The highest BCUT2D eigenvalue weighted by molar-refractivity contribution is 6.06. The van der Waals surface area contributed by atoms with Crippen molar-refractivity contribution in [2.24, 2.45) is 0 Å². The maximum Gasteiger partial charge on any atom is 0.253 e. The number of aromatic nitrogens is 5. The van der Waals surface area contributed by atoms with Gasteiger partial charge in [-0.1, -0.05) is 18.2 Å². The summed E-state index contributed by atoms with van der Waals surface area (Å²) in [6, 6.07) is 7.72. The smallest absolute Gasteiger partial charge is 0.253 e. The molecule has 3 heterocycles. The Bertz CT molecular complexity index is 1100. The van der Waals surface area contributed by atoms with Crippen LogP contribution in [0, 0.1) is 0 Å². The largest absolute Gasteiger partial charge is 0.383 e. The van der Waals surface area contributed by atoms with Crippen LogP contribution in [0.5, 0.6) is 0 Å². The summed E-state index contributed by atoms with van der Waals surface area (Å²) in [6.45, 7) is 2.17. The molecule has 4 rings (SSSR count). The van der Waals surface area contributed by atoms with Crippen molar-refractivity contribution in [3.8, 4) is 0 Å². The lowest BCUT2D eigenvalue weighted by Gasteiger charge is -2.07. The van der Waals surface area contributed by atoms with Crippen LogP contribution in [-0.2, 0) is 11.3 Å². The lowest BCUT2D eigenvalue weighted by Crippen LogP contribution is -2.27. The number of hydrogen-bond donors (Lipinski definition) is 3. The molecule has 0 aliphatic rings. The number of nitrogens with zero attached hydrogens (tertiary/aromatic N) is 4. The third kappa shape index (κ3) is 3.52. The van der Waals surface area contributed by atoms with Gasteiger partial charge in [-0.2, -0.15) is 5.10 Å². The second-order valence-corrected chi connectivity index (χ2v) is 6.25. The van der Waals surface area contributed by atoms with Crippen molar-refractivity contribution < 1.29 is 9.53 Å². The van der Waals surface area contributed by atoms with E-state index < -0.39 is 0 Å². The zero-order valence-corrected chi connectivity index (χ0v) is 15.5. The minimum absolute atomic E-state index is 0.120. The Balaban J connectivity index is 1.41. The fourth-order valence-corrected chi connectivity index (χ4v) is 3.10. The predicted molar refractivity (Wildman–Crippen MR) is 106 cm³/mol. The van der Waals surface area contributed by atoms with Gasteiger partial charge in [-0.25, -0.2) is 14.6 Å². The van der Waals surface area contributed by atoms with Crippen LogP contribution >= 0.6 is 0 Å². The van der Waals surface area contributed by atoms with Crippen molar-refractivity contribution in [3.05, 3.63) is 48.5 Å². The number of rotatable bonds is 8. The Morgan fingerprint density at radius 2 is 2.11 bits per heavy atom. The van der Waals surface area contributed by atoms with Gasteiger partial charge < -0.3 is 20.4 Å². The Hall–Kier alpha value is -3.46. The van der Waals surface area contributed by atoms with Crippen LogP contribution in [0.2, 0.25) is 0 Å². The van der Waals surface area contributed by atoms with Crippen LogP contribution in [0.4, 0.5) is 5.82 Å². The molecular weight excluding hydrogens is 358 g/mol. The molecule has 0 atom stereocenters. The molecule has 0 spiro atoms. The van der Waals surface area contributed by atoms with E-state index in [9.17, 15) is 4.79 Å². The van der Waals surface area contributed by atoms with Crippen molar-refractivity contribution >= 4 is 33.7 Å². The number of nitrogens with one attached hydrogen (secondary N) is 3. The maximum atomic E-state index is 12.5. The Morgan fingerprint density at radius 3 is 3.00 bits per heavy atom. The number of fused-ring (bicyclic) bond motifs is 2. The summed E-state index contributed by atoms with van der Waals surface area (Å²) in [5.74, 6) is 0.599. The molecule has 28 heavy (non-hydrogen) atoms. The second kappa shape index (κ2) is 8.05. The minimum atomic E-state index is -0.120. The number of methoxy groups -OCH3 is 1. The summed E-state index contributed by atoms with van der Waals surface area (Å²) >= 11 is 0. The monoisotopic (exact) mass is 379 g/mol. The molecule has 9 nitrogen and oxygen atoms in total. The number of carbonyl (C=O) groups excluding carboxylic acids is 1. The van der Waals surface area contributed by atoms with Crippen LogP contribution in [0.15, 0.2) is 43.0 Å². The molecule has 0 aliphatic heterocycles. The van der Waals surface area contributed by atoms with Crippen LogP contribution in [0.1, 0.15) is 10.4 Å². The van der Waals surface area contributed by atoms with Crippen molar-refractivity contribution in [2.45, 2.75) is 6.54 Å². The first-order valence-corrected chi connectivity index (χ1v) is 9.01. The molecule has 0 saturated carbocycles. The van der Waals surface area contributed by atoms with Gasteiger partial charge in [0, 0.05) is 37.3 Å². The molecule has 0 saturated heterocycles. The van der Waals surface area contributed by atoms with Crippen LogP contribution in [0.3, 0.4) is 0 Å². The van der Waals surface area contributed by atoms with Crippen molar-refractivity contribution in [3.63, 3.8) is 0 Å². The summed E-state index contributed by atoms with van der Waals surface area (Å²) in [4.78, 5) is 24.2. The molecule has 1 amide bonds. The topological polar surface area (TPSA) is 110 Å². The van der Waals surface area contributed by atoms with Crippen molar-refractivity contribution in [1.29, 1.82) is 0 Å². The molecule has 9 heteroatoms. The highest BCUT2D eigenvalue weighted by Gasteiger charge is 2.12. The van der Waals surface area contributed by atoms with Crippen molar-refractivity contribution in [1.82, 2.24) is 30.0 Å². The molecular formula is C19H21N7O2. The first-order valence-electron chi connectivity index (χ1n) is 9.01. The molecule has 0 bridgehead atoms. The van der Waals surface area contributed by atoms with Crippen LogP contribution in [0.25, 0.3) is 21.9 Å². The summed E-state index contributed by atoms with van der Waals surface area (Å²) in [5.41, 5.74) is 2.29. The number of anilines is 1. The summed E-state index contributed by atoms with van der Waals surface area (Å²) in [7, 11) is 1.65. The zero-order valence-electron chi connectivity index (χ0n) is 15.5. The summed E-state index contributed by atoms with van der Waals surface area (Å²) in [5, 5.41) is 12.3. The van der Waals surface area contributed by atoms with Gasteiger partial charge in [0.1, 0.15) is 12.1 Å². The highest BCUT2D eigenvalue weighted by atomic mass is 16.5. The molecule has 144 valence electrons. The number of aromatic amines is 1. The average molecular weight is 379 g/mol. The van der Waals surface area contributed by atoms with E-state index in [4.69, 9.17) is 4.74 Å². The molecule has 1 aromatic carbocycles. The maximum absolute atomic E-state index is 12.5. The first kappa shape index (κ1) is 17.9. The molecule has 3 aromatic heterocycles. The van der Waals surface area contributed by atoms with Gasteiger partial charge in [0.05, 0.1) is 30.3 Å². The molecule has 0 fully saturated rings.